The largest absolute Gasteiger partial charge is 0.375 e. The van der Waals surface area contributed by atoms with Crippen LogP contribution in [0.4, 0.5) is 0 Å². The van der Waals surface area contributed by atoms with Gasteiger partial charge in [-0.1, -0.05) is 0 Å². The second kappa shape index (κ2) is 5.38. The van der Waals surface area contributed by atoms with E-state index in [1.807, 2.05) is 25.4 Å². The van der Waals surface area contributed by atoms with Crippen molar-refractivity contribution < 1.29 is 13.2 Å². The van der Waals surface area contributed by atoms with Crippen molar-refractivity contribution in [2.24, 2.45) is 0 Å². The summed E-state index contributed by atoms with van der Waals surface area (Å²) in [6.45, 7) is 4.54. The number of nitrogens with zero attached hydrogens (tertiary/aromatic N) is 2. The average molecular weight is 316 g/mol. The zero-order valence-electron chi connectivity index (χ0n) is 11.8. The summed E-state index contributed by atoms with van der Waals surface area (Å²) in [7, 11) is -1.31. The Labute approximate surface area is 124 Å². The maximum Gasteiger partial charge on any atom is 0.252 e. The first-order valence-corrected chi connectivity index (χ1v) is 9.18. The van der Waals surface area contributed by atoms with Crippen molar-refractivity contribution in [3.05, 3.63) is 17.0 Å². The molecule has 112 valence electrons. The van der Waals surface area contributed by atoms with Gasteiger partial charge in [-0.3, -0.25) is 4.90 Å². The monoisotopic (exact) mass is 316 g/mol. The molecule has 20 heavy (non-hydrogen) atoms. The van der Waals surface area contributed by atoms with Crippen molar-refractivity contribution in [1.82, 2.24) is 9.21 Å². The first-order chi connectivity index (χ1) is 9.50. The predicted octanol–water partition coefficient (Wildman–Crippen LogP) is 1.15. The number of rotatable bonds is 2. The van der Waals surface area contributed by atoms with Crippen LogP contribution >= 0.6 is 11.3 Å². The number of hydrogen-bond donors (Lipinski definition) is 0. The van der Waals surface area contributed by atoms with Gasteiger partial charge in [-0.25, -0.2) is 8.42 Å². The third-order valence-corrected chi connectivity index (χ3v) is 7.75. The smallest absolute Gasteiger partial charge is 0.252 e. The quantitative estimate of drug-likeness (QED) is 0.821. The van der Waals surface area contributed by atoms with E-state index < -0.39 is 10.0 Å². The summed E-state index contributed by atoms with van der Waals surface area (Å²) in [5.41, 5.74) is 0.838. The van der Waals surface area contributed by atoms with Crippen molar-refractivity contribution in [1.29, 1.82) is 0 Å². The van der Waals surface area contributed by atoms with Gasteiger partial charge < -0.3 is 4.74 Å². The summed E-state index contributed by atoms with van der Waals surface area (Å²) in [5.74, 6) is 0. The number of thiophene rings is 1. The molecule has 0 bridgehead atoms. The minimum atomic E-state index is -3.35. The molecular formula is C13H20N2O3S2. The Morgan fingerprint density at radius 2 is 2.20 bits per heavy atom. The van der Waals surface area contributed by atoms with Crippen LogP contribution in [0.3, 0.4) is 0 Å². The molecule has 2 saturated heterocycles. The Balaban J connectivity index is 1.83. The van der Waals surface area contributed by atoms with Crippen LogP contribution in [-0.4, -0.2) is 63.1 Å². The van der Waals surface area contributed by atoms with E-state index in [0.29, 0.717) is 17.3 Å². The molecule has 3 heterocycles. The SMILES string of the molecule is Cc1ccsc1S(=O)(=O)N1CC[C@@H]2OCCN(C)[C@H]2C1. The van der Waals surface area contributed by atoms with Crippen LogP contribution in [0.25, 0.3) is 0 Å². The number of aryl methyl sites for hydroxylation is 1. The van der Waals surface area contributed by atoms with E-state index in [0.717, 1.165) is 25.1 Å². The lowest BCUT2D eigenvalue weighted by molar-refractivity contribution is -0.0840. The van der Waals surface area contributed by atoms with Crippen LogP contribution in [0, 0.1) is 6.92 Å². The highest BCUT2D eigenvalue weighted by molar-refractivity contribution is 7.91. The van der Waals surface area contributed by atoms with Crippen LogP contribution in [0.2, 0.25) is 0 Å². The Kier molecular flexibility index (Phi) is 3.89. The van der Waals surface area contributed by atoms with E-state index in [-0.39, 0.29) is 12.1 Å². The molecule has 2 aliphatic rings. The second-order valence-corrected chi connectivity index (χ2v) is 8.55. The van der Waals surface area contributed by atoms with Gasteiger partial charge in [0.05, 0.1) is 12.7 Å². The fourth-order valence-corrected chi connectivity index (χ4v) is 5.99. The summed E-state index contributed by atoms with van der Waals surface area (Å²) in [5, 5.41) is 1.84. The molecule has 0 radical (unpaired) electrons. The fourth-order valence-electron chi connectivity index (χ4n) is 2.97. The van der Waals surface area contributed by atoms with Gasteiger partial charge >= 0.3 is 0 Å². The second-order valence-electron chi connectivity index (χ2n) is 5.50. The van der Waals surface area contributed by atoms with Crippen LogP contribution in [0.5, 0.6) is 0 Å². The normalized spacial score (nSPS) is 29.3. The molecule has 0 N–H and O–H groups in total. The molecule has 0 saturated carbocycles. The number of piperidine rings is 1. The van der Waals surface area contributed by atoms with Crippen LogP contribution in [0.1, 0.15) is 12.0 Å². The Hall–Kier alpha value is -0.470. The van der Waals surface area contributed by atoms with Crippen molar-refractivity contribution in [2.45, 2.75) is 29.7 Å². The first-order valence-electron chi connectivity index (χ1n) is 6.86. The highest BCUT2D eigenvalue weighted by Gasteiger charge is 2.40. The lowest BCUT2D eigenvalue weighted by Crippen LogP contribution is -2.59. The number of likely N-dealkylation sites (N-methyl/N-ethyl adjacent to an activating group) is 1. The van der Waals surface area contributed by atoms with Crippen LogP contribution < -0.4 is 0 Å². The van der Waals surface area contributed by atoms with E-state index in [4.69, 9.17) is 4.74 Å². The minimum absolute atomic E-state index is 0.171. The van der Waals surface area contributed by atoms with E-state index in [1.165, 1.54) is 11.3 Å². The van der Waals surface area contributed by atoms with E-state index in [9.17, 15) is 8.42 Å². The summed E-state index contributed by atoms with van der Waals surface area (Å²) < 4.78 is 33.3. The lowest BCUT2D eigenvalue weighted by Gasteiger charge is -2.45. The highest BCUT2D eigenvalue weighted by Crippen LogP contribution is 2.30. The Morgan fingerprint density at radius 3 is 2.90 bits per heavy atom. The molecule has 3 rings (SSSR count). The van der Waals surface area contributed by atoms with Gasteiger partial charge in [-0.05, 0) is 37.4 Å². The molecule has 0 aromatic carbocycles. The first kappa shape index (κ1) is 14.5. The lowest BCUT2D eigenvalue weighted by atomic mass is 10.0. The molecule has 2 fully saturated rings. The minimum Gasteiger partial charge on any atom is -0.375 e. The molecule has 7 heteroatoms. The molecule has 0 amide bonds. The summed E-state index contributed by atoms with van der Waals surface area (Å²) in [6.07, 6.45) is 0.947. The summed E-state index contributed by atoms with van der Waals surface area (Å²) >= 11 is 1.31. The number of sulfonamides is 1. The van der Waals surface area contributed by atoms with Gasteiger partial charge in [0.15, 0.2) is 0 Å². The third kappa shape index (κ3) is 2.42. The highest BCUT2D eigenvalue weighted by atomic mass is 32.2. The van der Waals surface area contributed by atoms with Gasteiger partial charge in [0, 0.05) is 25.7 Å². The third-order valence-electron chi connectivity index (χ3n) is 4.21. The van der Waals surface area contributed by atoms with Crippen molar-refractivity contribution in [3.63, 3.8) is 0 Å². The van der Waals surface area contributed by atoms with Crippen molar-refractivity contribution in [3.8, 4) is 0 Å². The van der Waals surface area contributed by atoms with Crippen molar-refractivity contribution >= 4 is 21.4 Å². The Bertz CT molecular complexity index is 584. The summed E-state index contributed by atoms with van der Waals surface area (Å²) in [4.78, 5) is 2.22. The van der Waals surface area contributed by atoms with E-state index >= 15 is 0 Å². The average Bonchev–Trinajstić information content (AvgIpc) is 2.86. The topological polar surface area (TPSA) is 49.9 Å². The zero-order valence-corrected chi connectivity index (χ0v) is 13.4. The maximum absolute atomic E-state index is 12.7. The molecule has 0 unspecified atom stereocenters. The van der Waals surface area contributed by atoms with Crippen LogP contribution in [-0.2, 0) is 14.8 Å². The number of morpholine rings is 1. The molecule has 1 aromatic rings. The zero-order chi connectivity index (χ0) is 14.3. The molecule has 2 aliphatic heterocycles. The van der Waals surface area contributed by atoms with Gasteiger partial charge in [-0.2, -0.15) is 4.31 Å². The molecule has 2 atom stereocenters. The Morgan fingerprint density at radius 1 is 1.40 bits per heavy atom. The van der Waals surface area contributed by atoms with Gasteiger partial charge in [0.2, 0.25) is 0 Å². The molecule has 1 aromatic heterocycles. The molecule has 0 spiro atoms. The molecular weight excluding hydrogens is 296 g/mol. The molecule has 5 nitrogen and oxygen atoms in total. The fraction of sp³-hybridized carbons (Fsp3) is 0.692. The maximum atomic E-state index is 12.7. The predicted molar refractivity (Wildman–Crippen MR) is 78.6 cm³/mol. The van der Waals surface area contributed by atoms with Gasteiger partial charge in [-0.15, -0.1) is 11.3 Å². The molecule has 0 aliphatic carbocycles. The van der Waals surface area contributed by atoms with E-state index in [2.05, 4.69) is 4.90 Å². The number of fused-ring (bicyclic) bond motifs is 1. The van der Waals surface area contributed by atoms with Gasteiger partial charge in [0.25, 0.3) is 10.0 Å². The standard InChI is InChI=1S/C13H20N2O3S2/c1-10-4-8-19-13(10)20(16,17)15-5-3-12-11(9-15)14(2)6-7-18-12/h4,8,11-12H,3,5-7,9H2,1-2H3/t11-,12-/m0/s1. The number of hydrogen-bond acceptors (Lipinski definition) is 5. The van der Waals surface area contributed by atoms with Crippen molar-refractivity contribution in [2.75, 3.05) is 33.3 Å². The summed E-state index contributed by atoms with van der Waals surface area (Å²) in [6, 6.07) is 2.03. The van der Waals surface area contributed by atoms with Gasteiger partial charge in [0.1, 0.15) is 4.21 Å². The number of ether oxygens (including phenoxy) is 1. The van der Waals surface area contributed by atoms with Crippen LogP contribution in [0.15, 0.2) is 15.7 Å². The van der Waals surface area contributed by atoms with E-state index in [1.54, 1.807) is 4.31 Å².